The van der Waals surface area contributed by atoms with Crippen molar-refractivity contribution in [2.24, 2.45) is 0 Å². The molecule has 5 heteroatoms. The van der Waals surface area contributed by atoms with Crippen molar-refractivity contribution in [1.29, 1.82) is 0 Å². The van der Waals surface area contributed by atoms with Crippen LogP contribution in [0.15, 0.2) is 66.9 Å². The van der Waals surface area contributed by atoms with E-state index in [2.05, 4.69) is 4.98 Å². The molecule has 0 amide bonds. The number of nitrogens with zero attached hydrogens (tertiary/aromatic N) is 2. The van der Waals surface area contributed by atoms with E-state index >= 15 is 0 Å². The Labute approximate surface area is 144 Å². The fraction of sp³-hybridized carbons (Fsp3) is 0.0526. The Morgan fingerprint density at radius 3 is 2.75 bits per heavy atom. The van der Waals surface area contributed by atoms with Gasteiger partial charge in [0.25, 0.3) is 0 Å². The van der Waals surface area contributed by atoms with Gasteiger partial charge in [-0.05, 0) is 29.8 Å². The van der Waals surface area contributed by atoms with Gasteiger partial charge in [-0.3, -0.25) is 4.40 Å². The monoisotopic (exact) mass is 338 g/mol. The van der Waals surface area contributed by atoms with Crippen molar-refractivity contribution in [2.45, 2.75) is 0 Å². The summed E-state index contributed by atoms with van der Waals surface area (Å²) < 4.78 is 6.94. The lowest BCUT2D eigenvalue weighted by Crippen LogP contribution is -2.00. The number of fused-ring (bicyclic) bond motifs is 1. The van der Waals surface area contributed by atoms with Gasteiger partial charge in [0.05, 0.1) is 5.69 Å². The zero-order valence-electron chi connectivity index (χ0n) is 12.8. The molecule has 0 aliphatic carbocycles. The van der Waals surface area contributed by atoms with Crippen LogP contribution >= 0.6 is 11.6 Å². The van der Waals surface area contributed by atoms with Crippen LogP contribution < -0.4 is 0 Å². The van der Waals surface area contributed by atoms with Crippen molar-refractivity contribution in [1.82, 2.24) is 9.38 Å². The van der Waals surface area contributed by atoms with Gasteiger partial charge in [0, 0.05) is 12.3 Å². The molecule has 2 aromatic heterocycles. The molecule has 120 valence electrons. The van der Waals surface area contributed by atoms with Crippen molar-refractivity contribution in [2.75, 3.05) is 6.61 Å². The highest BCUT2D eigenvalue weighted by Gasteiger charge is 2.07. The standard InChI is InChI=1S/C19H15ClN2O2/c20-19-16(22-13-5-4-10-17(22)21-19)11-12-18(23)24-14-6-9-15-7-2-1-3-8-15/h1-13H,14H2/b9-6-,12-11-. The molecule has 0 fully saturated rings. The number of pyridine rings is 1. The zero-order valence-corrected chi connectivity index (χ0v) is 13.6. The molecule has 1 aromatic carbocycles. The molecule has 4 nitrogen and oxygen atoms in total. The largest absolute Gasteiger partial charge is 0.458 e. The lowest BCUT2D eigenvalue weighted by atomic mass is 10.2. The Morgan fingerprint density at radius 2 is 1.92 bits per heavy atom. The third-order valence-corrected chi connectivity index (χ3v) is 3.61. The summed E-state index contributed by atoms with van der Waals surface area (Å²) >= 11 is 6.10. The van der Waals surface area contributed by atoms with Crippen LogP contribution in [-0.4, -0.2) is 22.0 Å². The number of esters is 1. The maximum absolute atomic E-state index is 11.8. The average Bonchev–Trinajstić information content (AvgIpc) is 2.93. The molecule has 0 N–H and O–H groups in total. The van der Waals surface area contributed by atoms with Crippen molar-refractivity contribution in [3.05, 3.63) is 83.3 Å². The molecule has 0 atom stereocenters. The number of imidazole rings is 1. The average molecular weight is 339 g/mol. The number of carbonyl (C=O) groups excluding carboxylic acids is 1. The molecule has 0 saturated carbocycles. The Kier molecular flexibility index (Phi) is 5.08. The maximum Gasteiger partial charge on any atom is 0.331 e. The third-order valence-electron chi connectivity index (χ3n) is 3.33. The van der Waals surface area contributed by atoms with Gasteiger partial charge in [0.15, 0.2) is 5.15 Å². The molecular formula is C19H15ClN2O2. The molecule has 0 aliphatic heterocycles. The van der Waals surface area contributed by atoms with E-state index in [4.69, 9.17) is 16.3 Å². The second-order valence-electron chi connectivity index (χ2n) is 4.99. The van der Waals surface area contributed by atoms with Gasteiger partial charge in [-0.15, -0.1) is 0 Å². The van der Waals surface area contributed by atoms with Crippen LogP contribution in [0.5, 0.6) is 0 Å². The summed E-state index contributed by atoms with van der Waals surface area (Å²) in [5.74, 6) is -0.436. The normalized spacial score (nSPS) is 11.5. The Morgan fingerprint density at radius 1 is 1.12 bits per heavy atom. The predicted molar refractivity (Wildman–Crippen MR) is 95.7 cm³/mol. The summed E-state index contributed by atoms with van der Waals surface area (Å²) in [7, 11) is 0. The highest BCUT2D eigenvalue weighted by Crippen LogP contribution is 2.18. The number of carbonyl (C=O) groups is 1. The SMILES string of the molecule is O=C(/C=C\c1c(Cl)nc2ccccn12)OC/C=C\c1ccccc1. The molecule has 0 bridgehead atoms. The van der Waals surface area contributed by atoms with E-state index in [1.807, 2.05) is 60.8 Å². The third kappa shape index (κ3) is 3.91. The number of halogens is 1. The number of ether oxygens (including phenoxy) is 1. The van der Waals surface area contributed by atoms with E-state index < -0.39 is 5.97 Å². The summed E-state index contributed by atoms with van der Waals surface area (Å²) in [4.78, 5) is 16.0. The number of hydrogen-bond donors (Lipinski definition) is 0. The number of aromatic nitrogens is 2. The fourth-order valence-corrected chi connectivity index (χ4v) is 2.45. The minimum atomic E-state index is -0.436. The van der Waals surface area contributed by atoms with Gasteiger partial charge < -0.3 is 4.74 Å². The molecule has 0 aliphatic rings. The fourth-order valence-electron chi connectivity index (χ4n) is 2.21. The summed E-state index contributed by atoms with van der Waals surface area (Å²) in [6.45, 7) is 0.207. The predicted octanol–water partition coefficient (Wildman–Crippen LogP) is 4.26. The lowest BCUT2D eigenvalue weighted by Gasteiger charge is -1.98. The number of benzene rings is 1. The van der Waals surface area contributed by atoms with Crippen LogP contribution in [0, 0.1) is 0 Å². The summed E-state index contributed by atoms with van der Waals surface area (Å²) in [6, 6.07) is 15.4. The summed E-state index contributed by atoms with van der Waals surface area (Å²) in [6.07, 6.45) is 8.48. The van der Waals surface area contributed by atoms with Crippen molar-refractivity contribution >= 4 is 35.4 Å². The van der Waals surface area contributed by atoms with Crippen LogP contribution in [0.1, 0.15) is 11.3 Å². The number of rotatable bonds is 5. The Balaban J connectivity index is 1.59. The van der Waals surface area contributed by atoms with Gasteiger partial charge in [0.2, 0.25) is 0 Å². The van der Waals surface area contributed by atoms with Crippen LogP contribution in [0.4, 0.5) is 0 Å². The van der Waals surface area contributed by atoms with Gasteiger partial charge in [-0.1, -0.05) is 54.1 Å². The van der Waals surface area contributed by atoms with E-state index in [0.717, 1.165) is 11.2 Å². The first-order valence-corrected chi connectivity index (χ1v) is 7.81. The van der Waals surface area contributed by atoms with Crippen LogP contribution in [0.25, 0.3) is 17.8 Å². The molecule has 0 spiro atoms. The highest BCUT2D eigenvalue weighted by atomic mass is 35.5. The summed E-state index contributed by atoms with van der Waals surface area (Å²) in [5.41, 5.74) is 2.42. The second-order valence-corrected chi connectivity index (χ2v) is 5.35. The van der Waals surface area contributed by atoms with E-state index in [1.54, 1.807) is 16.6 Å². The molecule has 3 rings (SSSR count). The van der Waals surface area contributed by atoms with Crippen LogP contribution in [-0.2, 0) is 9.53 Å². The van der Waals surface area contributed by atoms with Gasteiger partial charge in [-0.25, -0.2) is 9.78 Å². The quantitative estimate of drug-likeness (QED) is 0.516. The smallest absolute Gasteiger partial charge is 0.331 e. The van der Waals surface area contributed by atoms with E-state index in [0.29, 0.717) is 10.8 Å². The molecule has 2 heterocycles. The topological polar surface area (TPSA) is 43.6 Å². The van der Waals surface area contributed by atoms with E-state index in [9.17, 15) is 4.79 Å². The minimum Gasteiger partial charge on any atom is -0.458 e. The maximum atomic E-state index is 11.8. The Hall–Kier alpha value is -2.85. The Bertz CT molecular complexity index is 898. The van der Waals surface area contributed by atoms with Crippen molar-refractivity contribution in [3.8, 4) is 0 Å². The summed E-state index contributed by atoms with van der Waals surface area (Å²) in [5, 5.41) is 0.342. The molecule has 3 aromatic rings. The van der Waals surface area contributed by atoms with Crippen LogP contribution in [0.2, 0.25) is 5.15 Å². The first-order valence-electron chi connectivity index (χ1n) is 7.43. The van der Waals surface area contributed by atoms with E-state index in [1.165, 1.54) is 6.08 Å². The first kappa shape index (κ1) is 16.0. The van der Waals surface area contributed by atoms with Gasteiger partial charge in [-0.2, -0.15) is 0 Å². The molecule has 0 saturated heterocycles. The van der Waals surface area contributed by atoms with Gasteiger partial charge in [0.1, 0.15) is 12.3 Å². The van der Waals surface area contributed by atoms with Gasteiger partial charge >= 0.3 is 5.97 Å². The van der Waals surface area contributed by atoms with E-state index in [-0.39, 0.29) is 6.61 Å². The second kappa shape index (κ2) is 7.62. The molecular weight excluding hydrogens is 324 g/mol. The van der Waals surface area contributed by atoms with Crippen molar-refractivity contribution < 1.29 is 9.53 Å². The van der Waals surface area contributed by atoms with Crippen molar-refractivity contribution in [3.63, 3.8) is 0 Å². The highest BCUT2D eigenvalue weighted by molar-refractivity contribution is 6.31. The number of hydrogen-bond acceptors (Lipinski definition) is 3. The molecule has 0 unspecified atom stereocenters. The van der Waals surface area contributed by atoms with Crippen LogP contribution in [0.3, 0.4) is 0 Å². The molecule has 24 heavy (non-hydrogen) atoms. The minimum absolute atomic E-state index is 0.207. The molecule has 0 radical (unpaired) electrons. The lowest BCUT2D eigenvalue weighted by molar-refractivity contribution is -0.136. The zero-order chi connectivity index (χ0) is 16.8. The first-order chi connectivity index (χ1) is 11.7.